The van der Waals surface area contributed by atoms with Crippen LogP contribution in [0, 0.1) is 11.3 Å². The van der Waals surface area contributed by atoms with Crippen LogP contribution in [0.5, 0.6) is 5.75 Å². The van der Waals surface area contributed by atoms with Crippen molar-refractivity contribution in [3.05, 3.63) is 48.5 Å². The fourth-order valence-electron chi connectivity index (χ4n) is 4.73. The number of anilines is 1. The Hall–Kier alpha value is -2.14. The van der Waals surface area contributed by atoms with Gasteiger partial charge in [-0.2, -0.15) is 0 Å². The van der Waals surface area contributed by atoms with Crippen molar-refractivity contribution in [3.8, 4) is 5.75 Å². The van der Waals surface area contributed by atoms with Crippen LogP contribution in [0.15, 0.2) is 43.0 Å². The van der Waals surface area contributed by atoms with Gasteiger partial charge in [0.2, 0.25) is 0 Å². The summed E-state index contributed by atoms with van der Waals surface area (Å²) in [6.45, 7) is 4.11. The molecule has 0 spiro atoms. The molecule has 2 aromatic rings. The van der Waals surface area contributed by atoms with Gasteiger partial charge in [0.25, 0.3) is 0 Å². The number of piperidine rings is 1. The van der Waals surface area contributed by atoms with E-state index in [0.717, 1.165) is 44.3 Å². The summed E-state index contributed by atoms with van der Waals surface area (Å²) in [5.74, 6) is 1.70. The molecule has 3 aliphatic rings. The van der Waals surface area contributed by atoms with Crippen molar-refractivity contribution in [2.75, 3.05) is 31.1 Å². The largest absolute Gasteiger partial charge is 0.490 e. The third kappa shape index (κ3) is 3.16. The highest BCUT2D eigenvalue weighted by Gasteiger charge is 2.59. The molecule has 3 fully saturated rings. The standard InChI is InChI=1S/C21H26N4O/c1-2-18(24-5-1)14-26-20-8-19(11-23-12-20)25-13-17-10-21(17,15-25)9-16-3-6-22-7-4-16/h3-4,6-8,11-12,17-18,24H,1-2,5,9-10,13-15H2. The highest BCUT2D eigenvalue weighted by atomic mass is 16.5. The SMILES string of the molecule is c1cc(CC23CC2CN(c2cncc(OCC4CCCN4)c2)C3)ccn1. The third-order valence-corrected chi connectivity index (χ3v) is 6.29. The molecule has 0 aromatic carbocycles. The number of nitrogens with zero attached hydrogens (tertiary/aromatic N) is 3. The van der Waals surface area contributed by atoms with Crippen LogP contribution in [0.3, 0.4) is 0 Å². The monoisotopic (exact) mass is 350 g/mol. The van der Waals surface area contributed by atoms with Crippen molar-refractivity contribution < 1.29 is 4.74 Å². The molecule has 1 aliphatic carbocycles. The molecule has 1 N–H and O–H groups in total. The number of hydrogen-bond acceptors (Lipinski definition) is 5. The molecule has 2 aromatic heterocycles. The average Bonchev–Trinajstić information content (AvgIpc) is 3.05. The van der Waals surface area contributed by atoms with Crippen LogP contribution >= 0.6 is 0 Å². The van der Waals surface area contributed by atoms with Gasteiger partial charge < -0.3 is 15.0 Å². The van der Waals surface area contributed by atoms with Crippen LogP contribution in [-0.2, 0) is 6.42 Å². The molecular formula is C21H26N4O. The molecule has 2 saturated heterocycles. The van der Waals surface area contributed by atoms with E-state index in [9.17, 15) is 0 Å². The van der Waals surface area contributed by atoms with E-state index in [1.165, 1.54) is 30.5 Å². The number of rotatable bonds is 6. The molecule has 0 amide bonds. The van der Waals surface area contributed by atoms with E-state index in [0.29, 0.717) is 11.5 Å². The van der Waals surface area contributed by atoms with Crippen LogP contribution < -0.4 is 15.0 Å². The molecule has 5 heteroatoms. The summed E-state index contributed by atoms with van der Waals surface area (Å²) in [6, 6.07) is 6.95. The van der Waals surface area contributed by atoms with Gasteiger partial charge in [0.1, 0.15) is 12.4 Å². The van der Waals surface area contributed by atoms with Crippen LogP contribution in [0.25, 0.3) is 0 Å². The zero-order valence-corrected chi connectivity index (χ0v) is 15.1. The summed E-state index contributed by atoms with van der Waals surface area (Å²) in [5.41, 5.74) is 3.05. The molecular weight excluding hydrogens is 324 g/mol. The van der Waals surface area contributed by atoms with E-state index in [4.69, 9.17) is 4.74 Å². The van der Waals surface area contributed by atoms with Crippen molar-refractivity contribution in [2.24, 2.45) is 11.3 Å². The number of pyridine rings is 2. The van der Waals surface area contributed by atoms with E-state index in [1.807, 2.05) is 24.8 Å². The second-order valence-corrected chi connectivity index (χ2v) is 8.16. The Labute approximate surface area is 154 Å². The van der Waals surface area contributed by atoms with Gasteiger partial charge in [-0.15, -0.1) is 0 Å². The summed E-state index contributed by atoms with van der Waals surface area (Å²) in [5, 5.41) is 3.48. The first-order valence-electron chi connectivity index (χ1n) is 9.76. The molecule has 5 rings (SSSR count). The van der Waals surface area contributed by atoms with E-state index < -0.39 is 0 Å². The predicted octanol–water partition coefficient (Wildman–Crippen LogP) is 2.68. The summed E-state index contributed by atoms with van der Waals surface area (Å²) in [6.07, 6.45) is 12.6. The highest BCUT2D eigenvalue weighted by Crippen LogP contribution is 2.60. The molecule has 26 heavy (non-hydrogen) atoms. The van der Waals surface area contributed by atoms with Gasteiger partial charge in [0.15, 0.2) is 0 Å². The second-order valence-electron chi connectivity index (χ2n) is 8.16. The number of aromatic nitrogens is 2. The molecule has 0 radical (unpaired) electrons. The third-order valence-electron chi connectivity index (χ3n) is 6.29. The smallest absolute Gasteiger partial charge is 0.139 e. The molecule has 5 nitrogen and oxygen atoms in total. The fraction of sp³-hybridized carbons (Fsp3) is 0.524. The summed E-state index contributed by atoms with van der Waals surface area (Å²) in [7, 11) is 0. The Morgan fingerprint density at radius 3 is 3.00 bits per heavy atom. The molecule has 0 bridgehead atoms. The van der Waals surface area contributed by atoms with Crippen LogP contribution in [0.4, 0.5) is 5.69 Å². The molecule has 136 valence electrons. The van der Waals surface area contributed by atoms with Crippen molar-refractivity contribution in [2.45, 2.75) is 31.7 Å². The molecule has 1 saturated carbocycles. The van der Waals surface area contributed by atoms with E-state index in [2.05, 4.69) is 38.4 Å². The Bertz CT molecular complexity index is 762. The lowest BCUT2D eigenvalue weighted by Crippen LogP contribution is -2.28. The van der Waals surface area contributed by atoms with Crippen molar-refractivity contribution >= 4 is 5.69 Å². The molecule has 3 atom stereocenters. The maximum Gasteiger partial charge on any atom is 0.139 e. The van der Waals surface area contributed by atoms with Crippen molar-refractivity contribution in [3.63, 3.8) is 0 Å². The number of fused-ring (bicyclic) bond motifs is 1. The van der Waals surface area contributed by atoms with Gasteiger partial charge in [-0.25, -0.2) is 0 Å². The van der Waals surface area contributed by atoms with Crippen LogP contribution in [-0.4, -0.2) is 42.3 Å². The van der Waals surface area contributed by atoms with Crippen molar-refractivity contribution in [1.82, 2.24) is 15.3 Å². The first kappa shape index (κ1) is 16.1. The quantitative estimate of drug-likeness (QED) is 0.868. The summed E-state index contributed by atoms with van der Waals surface area (Å²) >= 11 is 0. The van der Waals surface area contributed by atoms with E-state index >= 15 is 0 Å². The Morgan fingerprint density at radius 2 is 2.15 bits per heavy atom. The fourth-order valence-corrected chi connectivity index (χ4v) is 4.73. The Kier molecular flexibility index (Phi) is 4.04. The lowest BCUT2D eigenvalue weighted by atomic mass is 9.96. The van der Waals surface area contributed by atoms with Gasteiger partial charge >= 0.3 is 0 Å². The molecule has 2 aliphatic heterocycles. The topological polar surface area (TPSA) is 50.3 Å². The zero-order valence-electron chi connectivity index (χ0n) is 15.1. The molecule has 4 heterocycles. The van der Waals surface area contributed by atoms with Crippen LogP contribution in [0.2, 0.25) is 0 Å². The normalized spacial score (nSPS) is 29.6. The minimum Gasteiger partial charge on any atom is -0.490 e. The first-order valence-corrected chi connectivity index (χ1v) is 9.76. The summed E-state index contributed by atoms with van der Waals surface area (Å²) in [4.78, 5) is 11.1. The zero-order chi connectivity index (χ0) is 17.4. The summed E-state index contributed by atoms with van der Waals surface area (Å²) < 4.78 is 5.99. The lowest BCUT2D eigenvalue weighted by molar-refractivity contribution is 0.276. The van der Waals surface area contributed by atoms with Gasteiger partial charge in [-0.1, -0.05) is 0 Å². The number of nitrogens with one attached hydrogen (secondary N) is 1. The maximum absolute atomic E-state index is 5.99. The van der Waals surface area contributed by atoms with E-state index in [-0.39, 0.29) is 0 Å². The minimum absolute atomic E-state index is 0.450. The maximum atomic E-state index is 5.99. The lowest BCUT2D eigenvalue weighted by Gasteiger charge is -2.23. The highest BCUT2D eigenvalue weighted by molar-refractivity contribution is 5.51. The second kappa shape index (κ2) is 6.54. The predicted molar refractivity (Wildman–Crippen MR) is 101 cm³/mol. The van der Waals surface area contributed by atoms with Gasteiger partial charge in [-0.3, -0.25) is 9.97 Å². The molecule has 3 unspecified atom stereocenters. The first-order chi connectivity index (χ1) is 12.8. The van der Waals surface area contributed by atoms with E-state index in [1.54, 1.807) is 0 Å². The minimum atomic E-state index is 0.450. The average molecular weight is 350 g/mol. The van der Waals surface area contributed by atoms with Gasteiger partial charge in [0, 0.05) is 37.6 Å². The number of hydrogen-bond donors (Lipinski definition) is 1. The van der Waals surface area contributed by atoms with Crippen molar-refractivity contribution in [1.29, 1.82) is 0 Å². The van der Waals surface area contributed by atoms with Crippen LogP contribution in [0.1, 0.15) is 24.8 Å². The Balaban J connectivity index is 1.23. The van der Waals surface area contributed by atoms with Gasteiger partial charge in [-0.05, 0) is 61.3 Å². The van der Waals surface area contributed by atoms with Gasteiger partial charge in [0.05, 0.1) is 18.1 Å². The Morgan fingerprint density at radius 1 is 1.23 bits per heavy atom. The number of ether oxygens (including phenoxy) is 1.